The molecule has 2 N–H and O–H groups in total. The van der Waals surface area contributed by atoms with Crippen LogP contribution >= 0.6 is 0 Å². The van der Waals surface area contributed by atoms with Gasteiger partial charge in [-0.25, -0.2) is 0 Å². The van der Waals surface area contributed by atoms with Crippen molar-refractivity contribution < 1.29 is 14.1 Å². The molecule has 3 aromatic rings. The van der Waals surface area contributed by atoms with Crippen molar-refractivity contribution in [1.29, 1.82) is 5.41 Å². The smallest absolute Gasteiger partial charge is 0.270 e. The van der Waals surface area contributed by atoms with E-state index in [1.165, 1.54) is 24.3 Å². The second-order valence-electron chi connectivity index (χ2n) is 5.74. The Hall–Kier alpha value is -3.48. The van der Waals surface area contributed by atoms with E-state index in [4.69, 9.17) is 9.83 Å². The van der Waals surface area contributed by atoms with E-state index in [2.05, 4.69) is 5.32 Å². The molecule has 0 aliphatic heterocycles. The summed E-state index contributed by atoms with van der Waals surface area (Å²) in [4.78, 5) is 22.9. The van der Waals surface area contributed by atoms with Crippen LogP contribution in [0.4, 0.5) is 11.4 Å². The van der Waals surface area contributed by atoms with E-state index < -0.39 is 10.8 Å². The maximum absolute atomic E-state index is 12.5. The lowest BCUT2D eigenvalue weighted by Gasteiger charge is -2.09. The normalized spacial score (nSPS) is 10.6. The van der Waals surface area contributed by atoms with E-state index in [0.717, 1.165) is 11.1 Å². The van der Waals surface area contributed by atoms with E-state index in [-0.39, 0.29) is 16.8 Å². The second kappa shape index (κ2) is 6.20. The third kappa shape index (κ3) is 3.25. The van der Waals surface area contributed by atoms with E-state index >= 15 is 0 Å². The molecule has 0 fully saturated rings. The lowest BCUT2D eigenvalue weighted by Crippen LogP contribution is -2.21. The number of nitro benzene ring substituents is 1. The molecular formula is C18H15N3O4. The predicted molar refractivity (Wildman–Crippen MR) is 92.6 cm³/mol. The van der Waals surface area contributed by atoms with Crippen LogP contribution in [0, 0.1) is 29.4 Å². The minimum absolute atomic E-state index is 0.00738. The Labute approximate surface area is 142 Å². The molecule has 0 unspecified atom stereocenters. The standard InChI is InChI=1S/C18H15N3O4/c1-10-3-5-15(11(2)7-10)20-18(22)14-9-12-8-13(21(23)24)4-6-16(12)25-17(14)19/h3-9,19H,1-2H3,(H,20,22). The quantitative estimate of drug-likeness (QED) is 0.561. The summed E-state index contributed by atoms with van der Waals surface area (Å²) < 4.78 is 5.32. The molecule has 25 heavy (non-hydrogen) atoms. The molecule has 1 heterocycles. The van der Waals surface area contributed by atoms with Gasteiger partial charge in [0.05, 0.1) is 4.92 Å². The summed E-state index contributed by atoms with van der Waals surface area (Å²) in [5.41, 5.74) is 2.50. The molecule has 7 heteroatoms. The molecule has 0 aliphatic carbocycles. The minimum Gasteiger partial charge on any atom is -0.438 e. The van der Waals surface area contributed by atoms with Crippen LogP contribution in [0.2, 0.25) is 0 Å². The molecule has 0 bridgehead atoms. The fourth-order valence-electron chi connectivity index (χ4n) is 2.55. The monoisotopic (exact) mass is 337 g/mol. The number of nitro groups is 1. The van der Waals surface area contributed by atoms with E-state index in [1.54, 1.807) is 6.07 Å². The highest BCUT2D eigenvalue weighted by Crippen LogP contribution is 2.21. The first kappa shape index (κ1) is 16.4. The fourth-order valence-corrected chi connectivity index (χ4v) is 2.55. The topological polar surface area (TPSA) is 109 Å². The fraction of sp³-hybridized carbons (Fsp3) is 0.111. The van der Waals surface area contributed by atoms with Gasteiger partial charge in [-0.1, -0.05) is 17.7 Å². The van der Waals surface area contributed by atoms with Gasteiger partial charge in [0.15, 0.2) is 0 Å². The highest BCUT2D eigenvalue weighted by Gasteiger charge is 2.15. The number of aryl methyl sites for hydroxylation is 2. The number of amides is 1. The summed E-state index contributed by atoms with van der Waals surface area (Å²) in [5.74, 6) is -0.505. The third-order valence-electron chi connectivity index (χ3n) is 3.84. The van der Waals surface area contributed by atoms with Gasteiger partial charge < -0.3 is 9.73 Å². The number of benzene rings is 2. The van der Waals surface area contributed by atoms with Crippen LogP contribution in [0.15, 0.2) is 46.9 Å². The molecule has 126 valence electrons. The van der Waals surface area contributed by atoms with Crippen molar-refractivity contribution in [3.8, 4) is 0 Å². The van der Waals surface area contributed by atoms with E-state index in [0.29, 0.717) is 16.7 Å². The van der Waals surface area contributed by atoms with Gasteiger partial charge >= 0.3 is 0 Å². The molecule has 0 atom stereocenters. The van der Waals surface area contributed by atoms with E-state index in [9.17, 15) is 14.9 Å². The first-order valence-electron chi connectivity index (χ1n) is 7.50. The summed E-state index contributed by atoms with van der Waals surface area (Å²) in [7, 11) is 0. The summed E-state index contributed by atoms with van der Waals surface area (Å²) in [6.45, 7) is 3.83. The molecule has 7 nitrogen and oxygen atoms in total. The number of nitrogens with zero attached hydrogens (tertiary/aromatic N) is 1. The third-order valence-corrected chi connectivity index (χ3v) is 3.84. The number of carbonyl (C=O) groups excluding carboxylic acids is 1. The van der Waals surface area contributed by atoms with Gasteiger partial charge in [-0.2, -0.15) is 0 Å². The maximum atomic E-state index is 12.5. The van der Waals surface area contributed by atoms with Crippen molar-refractivity contribution >= 4 is 28.3 Å². The van der Waals surface area contributed by atoms with Crippen molar-refractivity contribution in [2.75, 3.05) is 5.32 Å². The number of non-ortho nitro benzene ring substituents is 1. The summed E-state index contributed by atoms with van der Waals surface area (Å²) >= 11 is 0. The van der Waals surface area contributed by atoms with Crippen LogP contribution in [0.5, 0.6) is 0 Å². The summed E-state index contributed by atoms with van der Waals surface area (Å²) in [6, 6.07) is 11.0. The van der Waals surface area contributed by atoms with Gasteiger partial charge in [0.2, 0.25) is 5.55 Å². The number of nitrogens with one attached hydrogen (secondary N) is 2. The molecular weight excluding hydrogens is 322 g/mol. The molecule has 1 aromatic heterocycles. The zero-order valence-corrected chi connectivity index (χ0v) is 13.6. The molecule has 0 spiro atoms. The average molecular weight is 337 g/mol. The van der Waals surface area contributed by atoms with Crippen LogP contribution in [0.3, 0.4) is 0 Å². The maximum Gasteiger partial charge on any atom is 0.270 e. The van der Waals surface area contributed by atoms with Crippen molar-refractivity contribution in [1.82, 2.24) is 0 Å². The SMILES string of the molecule is Cc1ccc(NC(=O)c2cc3cc([N+](=O)[O-])ccc3oc2=N)c(C)c1. The molecule has 0 saturated heterocycles. The highest BCUT2D eigenvalue weighted by molar-refractivity contribution is 6.05. The Balaban J connectivity index is 2.01. The van der Waals surface area contributed by atoms with Gasteiger partial charge in [-0.15, -0.1) is 0 Å². The van der Waals surface area contributed by atoms with Crippen molar-refractivity contribution in [2.24, 2.45) is 0 Å². The van der Waals surface area contributed by atoms with Gasteiger partial charge in [-0.05, 0) is 37.6 Å². The van der Waals surface area contributed by atoms with Crippen LogP contribution in [0.1, 0.15) is 21.5 Å². The van der Waals surface area contributed by atoms with E-state index in [1.807, 2.05) is 26.0 Å². The Morgan fingerprint density at radius 3 is 2.60 bits per heavy atom. The molecule has 3 rings (SSSR count). The van der Waals surface area contributed by atoms with Crippen molar-refractivity contribution in [2.45, 2.75) is 13.8 Å². The van der Waals surface area contributed by atoms with Gasteiger partial charge in [0.25, 0.3) is 11.6 Å². The second-order valence-corrected chi connectivity index (χ2v) is 5.74. The lowest BCUT2D eigenvalue weighted by molar-refractivity contribution is -0.384. The van der Waals surface area contributed by atoms with Crippen LogP contribution < -0.4 is 10.9 Å². The number of carbonyl (C=O) groups is 1. The van der Waals surface area contributed by atoms with Crippen LogP contribution in [-0.4, -0.2) is 10.8 Å². The van der Waals surface area contributed by atoms with Gasteiger partial charge in [0, 0.05) is 23.2 Å². The summed E-state index contributed by atoms with van der Waals surface area (Å²) in [5, 5.41) is 21.9. The first-order chi connectivity index (χ1) is 11.8. The van der Waals surface area contributed by atoms with Crippen LogP contribution in [-0.2, 0) is 0 Å². The molecule has 1 amide bonds. The largest absolute Gasteiger partial charge is 0.438 e. The molecule has 0 saturated carbocycles. The molecule has 2 aromatic carbocycles. The Kier molecular flexibility index (Phi) is 4.06. The summed E-state index contributed by atoms with van der Waals surface area (Å²) in [6.07, 6.45) is 0. The zero-order chi connectivity index (χ0) is 18.1. The highest BCUT2D eigenvalue weighted by atomic mass is 16.6. The lowest BCUT2D eigenvalue weighted by atomic mass is 10.1. The first-order valence-corrected chi connectivity index (χ1v) is 7.50. The predicted octanol–water partition coefficient (Wildman–Crippen LogP) is 3.69. The Morgan fingerprint density at radius 2 is 1.92 bits per heavy atom. The minimum atomic E-state index is -0.524. The number of hydrogen-bond donors (Lipinski definition) is 2. The number of anilines is 1. The van der Waals surface area contributed by atoms with Crippen LogP contribution in [0.25, 0.3) is 11.0 Å². The van der Waals surface area contributed by atoms with Gasteiger partial charge in [-0.3, -0.25) is 20.3 Å². The molecule has 0 aliphatic rings. The average Bonchev–Trinajstić information content (AvgIpc) is 2.56. The van der Waals surface area contributed by atoms with Crippen molar-refractivity contribution in [3.63, 3.8) is 0 Å². The number of fused-ring (bicyclic) bond motifs is 1. The number of rotatable bonds is 3. The van der Waals surface area contributed by atoms with Gasteiger partial charge in [0.1, 0.15) is 11.1 Å². The number of hydrogen-bond acceptors (Lipinski definition) is 5. The Morgan fingerprint density at radius 1 is 1.16 bits per heavy atom. The van der Waals surface area contributed by atoms with Crippen molar-refractivity contribution in [3.05, 3.63) is 74.8 Å². The molecule has 0 radical (unpaired) electrons. The zero-order valence-electron chi connectivity index (χ0n) is 13.6. The Bertz CT molecular complexity index is 1070.